The van der Waals surface area contributed by atoms with Gasteiger partial charge in [0, 0.05) is 15.1 Å². The molecular formula is C16H18BrClN2O3S2. The molecule has 3 rings (SSSR count). The minimum atomic E-state index is -3.10. The van der Waals surface area contributed by atoms with E-state index in [1.54, 1.807) is 26.8 Å². The number of halogens is 2. The monoisotopic (exact) mass is 464 g/mol. The zero-order valence-electron chi connectivity index (χ0n) is 14.0. The van der Waals surface area contributed by atoms with Crippen molar-refractivity contribution in [1.29, 1.82) is 0 Å². The van der Waals surface area contributed by atoms with Crippen LogP contribution in [0.3, 0.4) is 0 Å². The molecule has 5 nitrogen and oxygen atoms in total. The lowest BCUT2D eigenvalue weighted by atomic mass is 9.96. The molecule has 9 heteroatoms. The average molecular weight is 466 g/mol. The van der Waals surface area contributed by atoms with Gasteiger partial charge in [-0.3, -0.25) is 4.79 Å². The number of amidine groups is 1. The van der Waals surface area contributed by atoms with Crippen LogP contribution in [0.1, 0.15) is 20.8 Å². The SMILES string of the molecule is CC(C)(C)C(=O)N=C1S[C@@H]2CS(=O)(=O)C[C@@H]2N1c1ccc(Br)cc1Cl. The first-order chi connectivity index (χ1) is 11.5. The molecule has 0 bridgehead atoms. The quantitative estimate of drug-likeness (QED) is 0.632. The van der Waals surface area contributed by atoms with Crippen molar-refractivity contribution in [3.05, 3.63) is 27.7 Å². The minimum Gasteiger partial charge on any atom is -0.314 e. The molecule has 2 fully saturated rings. The average Bonchev–Trinajstić information content (AvgIpc) is 2.90. The zero-order chi connectivity index (χ0) is 18.6. The molecule has 2 heterocycles. The molecule has 2 atom stereocenters. The number of hydrogen-bond donors (Lipinski definition) is 0. The van der Waals surface area contributed by atoms with Crippen LogP contribution in [0.15, 0.2) is 27.7 Å². The van der Waals surface area contributed by atoms with Gasteiger partial charge in [-0.15, -0.1) is 0 Å². The van der Waals surface area contributed by atoms with Crippen molar-refractivity contribution in [3.63, 3.8) is 0 Å². The highest BCUT2D eigenvalue weighted by molar-refractivity contribution is 9.10. The molecular weight excluding hydrogens is 448 g/mol. The van der Waals surface area contributed by atoms with Crippen LogP contribution < -0.4 is 4.90 Å². The predicted octanol–water partition coefficient (Wildman–Crippen LogP) is 3.75. The first-order valence-electron chi connectivity index (χ1n) is 7.72. The van der Waals surface area contributed by atoms with E-state index in [2.05, 4.69) is 20.9 Å². The number of nitrogens with zero attached hydrogens (tertiary/aromatic N) is 2. The third-order valence-corrected chi connectivity index (χ3v) is 8.08. The fourth-order valence-corrected chi connectivity index (χ4v) is 7.45. The molecule has 136 valence electrons. The maximum absolute atomic E-state index is 12.4. The largest absolute Gasteiger partial charge is 0.314 e. The van der Waals surface area contributed by atoms with Crippen molar-refractivity contribution in [3.8, 4) is 0 Å². The predicted molar refractivity (Wildman–Crippen MR) is 107 cm³/mol. The second-order valence-corrected chi connectivity index (χ2v) is 11.9. The molecule has 1 aromatic carbocycles. The minimum absolute atomic E-state index is 0.0415. The van der Waals surface area contributed by atoms with Crippen LogP contribution in [-0.4, -0.2) is 42.3 Å². The Kier molecular flexibility index (Phi) is 5.03. The highest BCUT2D eigenvalue weighted by Crippen LogP contribution is 2.43. The van der Waals surface area contributed by atoms with Gasteiger partial charge in [0.25, 0.3) is 5.91 Å². The summed E-state index contributed by atoms with van der Waals surface area (Å²) in [5, 5.41) is 0.862. The normalized spacial score (nSPS) is 26.9. The van der Waals surface area contributed by atoms with Crippen LogP contribution in [0.5, 0.6) is 0 Å². The standard InChI is InChI=1S/C16H18BrClN2O3S2/c1-16(2,3)14(21)19-15-20(11-5-4-9(17)6-10(11)18)12-7-25(22,23)8-13(12)24-15/h4-6,12-13H,7-8H2,1-3H3/t12-,13+/m0/s1. The maximum Gasteiger partial charge on any atom is 0.253 e. The van der Waals surface area contributed by atoms with Crippen molar-refractivity contribution in [2.45, 2.75) is 32.1 Å². The summed E-state index contributed by atoms with van der Waals surface area (Å²) in [6, 6.07) is 5.14. The number of hydrogen-bond acceptors (Lipinski definition) is 4. The van der Waals surface area contributed by atoms with Gasteiger partial charge in [-0.25, -0.2) is 8.42 Å². The highest BCUT2D eigenvalue weighted by atomic mass is 79.9. The molecule has 2 aliphatic rings. The van der Waals surface area contributed by atoms with Gasteiger partial charge in [0.2, 0.25) is 0 Å². The summed E-state index contributed by atoms with van der Waals surface area (Å²) >= 11 is 11.1. The number of sulfone groups is 1. The van der Waals surface area contributed by atoms with E-state index in [9.17, 15) is 13.2 Å². The van der Waals surface area contributed by atoms with E-state index in [4.69, 9.17) is 11.6 Å². The number of rotatable bonds is 1. The number of fused-ring (bicyclic) bond motifs is 1. The Morgan fingerprint density at radius 3 is 2.64 bits per heavy atom. The second kappa shape index (κ2) is 6.55. The van der Waals surface area contributed by atoms with Gasteiger partial charge in [0.05, 0.1) is 28.3 Å². The zero-order valence-corrected chi connectivity index (χ0v) is 18.0. The topological polar surface area (TPSA) is 66.8 Å². The van der Waals surface area contributed by atoms with Gasteiger partial charge in [-0.1, -0.05) is 60.1 Å². The Balaban J connectivity index is 2.07. The number of thioether (sulfide) groups is 1. The van der Waals surface area contributed by atoms with E-state index in [-0.39, 0.29) is 28.7 Å². The van der Waals surface area contributed by atoms with E-state index >= 15 is 0 Å². The van der Waals surface area contributed by atoms with Gasteiger partial charge in [0.15, 0.2) is 15.0 Å². The maximum atomic E-state index is 12.4. The van der Waals surface area contributed by atoms with Gasteiger partial charge in [-0.2, -0.15) is 4.99 Å². The summed E-state index contributed by atoms with van der Waals surface area (Å²) in [4.78, 5) is 18.5. The van der Waals surface area contributed by atoms with Crippen molar-refractivity contribution >= 4 is 65.9 Å². The number of amides is 1. The van der Waals surface area contributed by atoms with Crippen LogP contribution in [0, 0.1) is 5.41 Å². The molecule has 0 saturated carbocycles. The van der Waals surface area contributed by atoms with Crippen LogP contribution in [-0.2, 0) is 14.6 Å². The summed E-state index contributed by atoms with van der Waals surface area (Å²) in [6.07, 6.45) is 0. The number of carbonyl (C=O) groups excluding carboxylic acids is 1. The first-order valence-corrected chi connectivity index (χ1v) is 11.6. The summed E-state index contributed by atoms with van der Waals surface area (Å²) in [5.41, 5.74) is 0.0643. The van der Waals surface area contributed by atoms with Crippen LogP contribution in [0.25, 0.3) is 0 Å². The fourth-order valence-electron chi connectivity index (χ4n) is 2.78. The van der Waals surface area contributed by atoms with Gasteiger partial charge in [-0.05, 0) is 18.2 Å². The molecule has 0 aromatic heterocycles. The van der Waals surface area contributed by atoms with E-state index < -0.39 is 15.3 Å². The molecule has 0 radical (unpaired) electrons. The molecule has 2 aliphatic heterocycles. The van der Waals surface area contributed by atoms with Gasteiger partial charge >= 0.3 is 0 Å². The third-order valence-electron chi connectivity index (χ3n) is 4.07. The third kappa shape index (κ3) is 3.91. The molecule has 1 amide bonds. The number of aliphatic imine (C=N–C) groups is 1. The van der Waals surface area contributed by atoms with E-state index in [0.29, 0.717) is 15.9 Å². The lowest BCUT2D eigenvalue weighted by molar-refractivity contribution is -0.124. The Morgan fingerprint density at radius 1 is 1.36 bits per heavy atom. The molecule has 0 unspecified atom stereocenters. The Bertz CT molecular complexity index is 865. The van der Waals surface area contributed by atoms with E-state index in [1.807, 2.05) is 17.0 Å². The Hall–Kier alpha value is -0.570. The summed E-state index contributed by atoms with van der Waals surface area (Å²) in [7, 11) is -3.10. The molecule has 25 heavy (non-hydrogen) atoms. The van der Waals surface area contributed by atoms with Crippen LogP contribution in [0.2, 0.25) is 5.02 Å². The second-order valence-electron chi connectivity index (χ2n) is 7.22. The number of carbonyl (C=O) groups is 1. The van der Waals surface area contributed by atoms with Crippen molar-refractivity contribution in [2.24, 2.45) is 10.4 Å². The number of anilines is 1. The first kappa shape index (κ1) is 19.2. The van der Waals surface area contributed by atoms with Crippen molar-refractivity contribution in [2.75, 3.05) is 16.4 Å². The van der Waals surface area contributed by atoms with E-state index in [0.717, 1.165) is 4.47 Å². The summed E-state index contributed by atoms with van der Waals surface area (Å²) < 4.78 is 24.9. The van der Waals surface area contributed by atoms with Crippen molar-refractivity contribution < 1.29 is 13.2 Å². The molecule has 1 aromatic rings. The molecule has 0 spiro atoms. The number of benzene rings is 1. The van der Waals surface area contributed by atoms with Crippen molar-refractivity contribution in [1.82, 2.24) is 0 Å². The Morgan fingerprint density at radius 2 is 2.04 bits per heavy atom. The molecule has 0 N–H and O–H groups in total. The smallest absolute Gasteiger partial charge is 0.253 e. The van der Waals surface area contributed by atoms with Gasteiger partial charge in [0.1, 0.15) is 0 Å². The molecule has 2 saturated heterocycles. The van der Waals surface area contributed by atoms with Crippen LogP contribution >= 0.6 is 39.3 Å². The van der Waals surface area contributed by atoms with Crippen LogP contribution in [0.4, 0.5) is 5.69 Å². The lowest BCUT2D eigenvalue weighted by Gasteiger charge is -2.26. The Labute approximate surface area is 165 Å². The molecule has 0 aliphatic carbocycles. The highest BCUT2D eigenvalue weighted by Gasteiger charge is 2.50. The summed E-state index contributed by atoms with van der Waals surface area (Å²) in [5.74, 6) is -0.105. The summed E-state index contributed by atoms with van der Waals surface area (Å²) in [6.45, 7) is 5.42. The fraction of sp³-hybridized carbons (Fsp3) is 0.500. The lowest BCUT2D eigenvalue weighted by Crippen LogP contribution is -2.38. The van der Waals surface area contributed by atoms with E-state index in [1.165, 1.54) is 11.8 Å². The van der Waals surface area contributed by atoms with Gasteiger partial charge < -0.3 is 4.90 Å².